The molecule has 4 N–H and O–H groups in total. The fourth-order valence-corrected chi connectivity index (χ4v) is 2.26. The molecule has 6 heteroatoms. The molecule has 2 amide bonds. The molecule has 0 radical (unpaired) electrons. The molecule has 0 spiro atoms. The lowest BCUT2D eigenvalue weighted by atomic mass is 10.1. The van der Waals surface area contributed by atoms with E-state index in [2.05, 4.69) is 16.0 Å². The normalized spacial score (nSPS) is 17.2. The van der Waals surface area contributed by atoms with Crippen LogP contribution in [0, 0.1) is 0 Å². The van der Waals surface area contributed by atoms with E-state index in [0.29, 0.717) is 5.56 Å². The van der Waals surface area contributed by atoms with Gasteiger partial charge in [-0.1, -0.05) is 30.3 Å². The Labute approximate surface area is 117 Å². The molecule has 6 nitrogen and oxygen atoms in total. The first kappa shape index (κ1) is 14.3. The van der Waals surface area contributed by atoms with Crippen molar-refractivity contribution in [2.45, 2.75) is 24.9 Å². The van der Waals surface area contributed by atoms with E-state index < -0.39 is 18.0 Å². The molecular formula is C14H19N3O3. The van der Waals surface area contributed by atoms with Crippen LogP contribution in [0.2, 0.25) is 0 Å². The Morgan fingerprint density at radius 3 is 2.45 bits per heavy atom. The van der Waals surface area contributed by atoms with E-state index in [-0.39, 0.29) is 6.04 Å². The third-order valence-corrected chi connectivity index (χ3v) is 3.33. The number of amides is 2. The molecule has 0 saturated carbocycles. The topological polar surface area (TPSA) is 90.5 Å². The van der Waals surface area contributed by atoms with Gasteiger partial charge >= 0.3 is 12.0 Å². The van der Waals surface area contributed by atoms with Crippen LogP contribution in [0.15, 0.2) is 30.3 Å². The van der Waals surface area contributed by atoms with Crippen molar-refractivity contribution >= 4 is 12.0 Å². The lowest BCUT2D eigenvalue weighted by Crippen LogP contribution is -2.48. The van der Waals surface area contributed by atoms with E-state index in [9.17, 15) is 14.7 Å². The smallest absolute Gasteiger partial charge is 0.330 e. The molecular weight excluding hydrogens is 258 g/mol. The highest BCUT2D eigenvalue weighted by Gasteiger charge is 2.23. The Bertz CT molecular complexity index is 458. The fourth-order valence-electron chi connectivity index (χ4n) is 2.26. The first-order valence-electron chi connectivity index (χ1n) is 6.72. The van der Waals surface area contributed by atoms with Crippen LogP contribution in [0.1, 0.15) is 24.4 Å². The molecule has 2 rings (SSSR count). The van der Waals surface area contributed by atoms with E-state index in [4.69, 9.17) is 0 Å². The minimum Gasteiger partial charge on any atom is -0.479 e. The monoisotopic (exact) mass is 277 g/mol. The van der Waals surface area contributed by atoms with Gasteiger partial charge in [0.15, 0.2) is 6.04 Å². The van der Waals surface area contributed by atoms with Crippen molar-refractivity contribution in [3.8, 4) is 0 Å². The highest BCUT2D eigenvalue weighted by Crippen LogP contribution is 2.12. The van der Waals surface area contributed by atoms with E-state index >= 15 is 0 Å². The maximum atomic E-state index is 11.9. The molecule has 1 heterocycles. The summed E-state index contributed by atoms with van der Waals surface area (Å²) in [7, 11) is 0. The molecule has 1 aliphatic rings. The first-order valence-corrected chi connectivity index (χ1v) is 6.72. The number of rotatable bonds is 4. The molecule has 1 saturated heterocycles. The number of carbonyl (C=O) groups is 2. The highest BCUT2D eigenvalue weighted by molar-refractivity contribution is 5.83. The van der Waals surface area contributed by atoms with Gasteiger partial charge in [0.2, 0.25) is 0 Å². The Kier molecular flexibility index (Phi) is 4.95. The Morgan fingerprint density at radius 1 is 1.20 bits per heavy atom. The molecule has 0 aliphatic carbocycles. The van der Waals surface area contributed by atoms with Crippen LogP contribution < -0.4 is 16.0 Å². The number of hydrogen-bond acceptors (Lipinski definition) is 3. The summed E-state index contributed by atoms with van der Waals surface area (Å²) in [6.07, 6.45) is 1.72. The third-order valence-electron chi connectivity index (χ3n) is 3.33. The van der Waals surface area contributed by atoms with Gasteiger partial charge < -0.3 is 21.1 Å². The highest BCUT2D eigenvalue weighted by atomic mass is 16.4. The largest absolute Gasteiger partial charge is 0.479 e. The Balaban J connectivity index is 1.94. The van der Waals surface area contributed by atoms with Gasteiger partial charge in [-0.25, -0.2) is 9.59 Å². The lowest BCUT2D eigenvalue weighted by Gasteiger charge is -2.24. The standard InChI is InChI=1S/C14H19N3O3/c18-13(19)12(10-4-2-1-3-5-10)17-14(20)16-11-6-8-15-9-7-11/h1-5,11-12,15H,6-9H2,(H,18,19)(H2,16,17,20)/t12-/m1/s1. The predicted molar refractivity (Wildman–Crippen MR) is 74.4 cm³/mol. The van der Waals surface area contributed by atoms with Crippen molar-refractivity contribution in [1.82, 2.24) is 16.0 Å². The van der Waals surface area contributed by atoms with Crippen LogP contribution >= 0.6 is 0 Å². The molecule has 0 unspecified atom stereocenters. The van der Waals surface area contributed by atoms with Crippen molar-refractivity contribution in [1.29, 1.82) is 0 Å². The number of hydrogen-bond donors (Lipinski definition) is 4. The maximum Gasteiger partial charge on any atom is 0.330 e. The molecule has 20 heavy (non-hydrogen) atoms. The summed E-state index contributed by atoms with van der Waals surface area (Å²) in [5, 5.41) is 17.8. The van der Waals surface area contributed by atoms with Crippen LogP contribution in [0.5, 0.6) is 0 Å². The van der Waals surface area contributed by atoms with Crippen LogP contribution in [-0.4, -0.2) is 36.2 Å². The summed E-state index contributed by atoms with van der Waals surface area (Å²) in [5.41, 5.74) is 0.556. The fraction of sp³-hybridized carbons (Fsp3) is 0.429. The van der Waals surface area contributed by atoms with Gasteiger partial charge in [-0.3, -0.25) is 0 Å². The quantitative estimate of drug-likeness (QED) is 0.657. The van der Waals surface area contributed by atoms with Gasteiger partial charge in [-0.05, 0) is 31.5 Å². The average molecular weight is 277 g/mol. The zero-order valence-corrected chi connectivity index (χ0v) is 11.1. The van der Waals surface area contributed by atoms with Gasteiger partial charge in [-0.15, -0.1) is 0 Å². The van der Waals surface area contributed by atoms with E-state index in [0.717, 1.165) is 25.9 Å². The number of benzene rings is 1. The number of carbonyl (C=O) groups excluding carboxylic acids is 1. The summed E-state index contributed by atoms with van der Waals surface area (Å²) < 4.78 is 0. The third kappa shape index (κ3) is 3.96. The molecule has 0 aromatic heterocycles. The zero-order chi connectivity index (χ0) is 14.4. The number of urea groups is 1. The van der Waals surface area contributed by atoms with E-state index in [1.54, 1.807) is 30.3 Å². The predicted octanol–water partition coefficient (Wildman–Crippen LogP) is 0.864. The summed E-state index contributed by atoms with van der Waals surface area (Å²) in [6.45, 7) is 1.73. The van der Waals surface area contributed by atoms with Crippen molar-refractivity contribution in [2.75, 3.05) is 13.1 Å². The summed E-state index contributed by atoms with van der Waals surface area (Å²) in [5.74, 6) is -1.07. The number of carboxylic acids is 1. The molecule has 1 aromatic carbocycles. The molecule has 1 aromatic rings. The molecule has 1 fully saturated rings. The summed E-state index contributed by atoms with van der Waals surface area (Å²) in [4.78, 5) is 23.2. The number of carboxylic acid groups (broad SMARTS) is 1. The van der Waals surface area contributed by atoms with Gasteiger partial charge in [0.25, 0.3) is 0 Å². The van der Waals surface area contributed by atoms with E-state index in [1.807, 2.05) is 0 Å². The average Bonchev–Trinajstić information content (AvgIpc) is 2.46. The Morgan fingerprint density at radius 2 is 1.85 bits per heavy atom. The van der Waals surface area contributed by atoms with Gasteiger partial charge in [-0.2, -0.15) is 0 Å². The second kappa shape index (κ2) is 6.91. The molecule has 0 bridgehead atoms. The Hall–Kier alpha value is -2.08. The van der Waals surface area contributed by atoms with Crippen molar-refractivity contribution in [3.05, 3.63) is 35.9 Å². The van der Waals surface area contributed by atoms with Gasteiger partial charge in [0.05, 0.1) is 0 Å². The van der Waals surface area contributed by atoms with Crippen molar-refractivity contribution < 1.29 is 14.7 Å². The van der Waals surface area contributed by atoms with Crippen molar-refractivity contribution in [3.63, 3.8) is 0 Å². The van der Waals surface area contributed by atoms with Crippen LogP contribution in [0.4, 0.5) is 4.79 Å². The first-order chi connectivity index (χ1) is 9.66. The summed E-state index contributed by atoms with van der Waals surface area (Å²) >= 11 is 0. The number of nitrogens with one attached hydrogen (secondary N) is 3. The second-order valence-corrected chi connectivity index (χ2v) is 4.82. The van der Waals surface area contributed by atoms with E-state index in [1.165, 1.54) is 0 Å². The maximum absolute atomic E-state index is 11.9. The zero-order valence-electron chi connectivity index (χ0n) is 11.1. The minimum atomic E-state index is -1.07. The second-order valence-electron chi connectivity index (χ2n) is 4.82. The number of piperidine rings is 1. The van der Waals surface area contributed by atoms with Gasteiger partial charge in [0.1, 0.15) is 0 Å². The lowest BCUT2D eigenvalue weighted by molar-refractivity contribution is -0.139. The van der Waals surface area contributed by atoms with Crippen LogP contribution in [-0.2, 0) is 4.79 Å². The van der Waals surface area contributed by atoms with Gasteiger partial charge in [0, 0.05) is 6.04 Å². The number of aliphatic carboxylic acids is 1. The SMILES string of the molecule is O=C(NC1CCNCC1)N[C@@H](C(=O)O)c1ccccc1. The molecule has 1 aliphatic heterocycles. The van der Waals surface area contributed by atoms with Crippen molar-refractivity contribution in [2.24, 2.45) is 0 Å². The van der Waals surface area contributed by atoms with Crippen LogP contribution in [0.3, 0.4) is 0 Å². The summed E-state index contributed by atoms with van der Waals surface area (Å²) in [6, 6.07) is 7.30. The minimum absolute atomic E-state index is 0.0986. The molecule has 108 valence electrons. The van der Waals surface area contributed by atoms with Crippen LogP contribution in [0.25, 0.3) is 0 Å². The molecule has 1 atom stereocenters.